The first kappa shape index (κ1) is 17.2. The summed E-state index contributed by atoms with van der Waals surface area (Å²) in [5, 5.41) is 17.0. The first-order valence-electron chi connectivity index (χ1n) is 7.12. The predicted molar refractivity (Wildman–Crippen MR) is 85.9 cm³/mol. The molecule has 0 saturated carbocycles. The number of aromatic nitrogens is 4. The molecule has 0 aliphatic heterocycles. The van der Waals surface area contributed by atoms with Crippen LogP contribution in [0, 0.1) is 0 Å². The van der Waals surface area contributed by atoms with E-state index in [1.54, 1.807) is 18.1 Å². The molecule has 8 nitrogen and oxygen atoms in total. The second kappa shape index (κ2) is 7.40. The zero-order chi connectivity index (χ0) is 17.0. The van der Waals surface area contributed by atoms with Crippen molar-refractivity contribution in [3.05, 3.63) is 34.3 Å². The molecule has 0 saturated heterocycles. The monoisotopic (exact) mass is 383 g/mol. The smallest absolute Gasteiger partial charge is 0.338 e. The summed E-state index contributed by atoms with van der Waals surface area (Å²) in [6, 6.07) is 0. The lowest BCUT2D eigenvalue weighted by Gasteiger charge is -2.18. The van der Waals surface area contributed by atoms with Crippen LogP contribution in [0.3, 0.4) is 0 Å². The van der Waals surface area contributed by atoms with Gasteiger partial charge in [0.25, 0.3) is 0 Å². The molecule has 124 valence electrons. The van der Waals surface area contributed by atoms with E-state index in [4.69, 9.17) is 5.11 Å². The standard InChI is InChI=1S/C14H18BrN5O3/c1-3-20-12(11(15)7-17-20)9-18(2)13(21)4-5-19-8-10(6-16-19)14(22)23/h6-8H,3-5,9H2,1-2H3,(H,22,23). The molecule has 0 aliphatic rings. The second-order valence-electron chi connectivity index (χ2n) is 5.05. The van der Waals surface area contributed by atoms with Crippen LogP contribution in [-0.4, -0.2) is 48.5 Å². The topological polar surface area (TPSA) is 93.2 Å². The summed E-state index contributed by atoms with van der Waals surface area (Å²) in [5.74, 6) is -1.08. The number of aryl methyl sites for hydroxylation is 2. The molecule has 0 aliphatic carbocycles. The zero-order valence-electron chi connectivity index (χ0n) is 12.9. The molecule has 2 aromatic heterocycles. The molecular weight excluding hydrogens is 366 g/mol. The molecule has 1 N–H and O–H groups in total. The first-order chi connectivity index (χ1) is 10.9. The molecule has 1 amide bonds. The van der Waals surface area contributed by atoms with Crippen LogP contribution < -0.4 is 0 Å². The van der Waals surface area contributed by atoms with Crippen LogP contribution in [0.5, 0.6) is 0 Å². The maximum absolute atomic E-state index is 12.2. The van der Waals surface area contributed by atoms with Crippen molar-refractivity contribution < 1.29 is 14.7 Å². The number of carbonyl (C=O) groups excluding carboxylic acids is 1. The Morgan fingerprint density at radius 2 is 2.09 bits per heavy atom. The van der Waals surface area contributed by atoms with E-state index in [0.717, 1.165) is 16.7 Å². The number of rotatable bonds is 7. The lowest BCUT2D eigenvalue weighted by atomic mass is 10.3. The number of carboxylic acids is 1. The molecule has 23 heavy (non-hydrogen) atoms. The summed E-state index contributed by atoms with van der Waals surface area (Å²) < 4.78 is 4.17. The van der Waals surface area contributed by atoms with Crippen molar-refractivity contribution in [3.8, 4) is 0 Å². The summed E-state index contributed by atoms with van der Waals surface area (Å²) in [5.41, 5.74) is 1.05. The summed E-state index contributed by atoms with van der Waals surface area (Å²) in [4.78, 5) is 24.6. The van der Waals surface area contributed by atoms with Gasteiger partial charge in [-0.05, 0) is 22.9 Å². The van der Waals surface area contributed by atoms with Gasteiger partial charge in [0.05, 0.1) is 34.7 Å². The van der Waals surface area contributed by atoms with Gasteiger partial charge >= 0.3 is 5.97 Å². The van der Waals surface area contributed by atoms with Gasteiger partial charge in [0.1, 0.15) is 0 Å². The van der Waals surface area contributed by atoms with Crippen LogP contribution in [-0.2, 0) is 24.4 Å². The molecule has 0 unspecified atom stereocenters. The number of hydrogen-bond acceptors (Lipinski definition) is 4. The normalized spacial score (nSPS) is 10.7. The van der Waals surface area contributed by atoms with E-state index >= 15 is 0 Å². The third-order valence-corrected chi connectivity index (χ3v) is 4.11. The van der Waals surface area contributed by atoms with Crippen LogP contribution in [0.1, 0.15) is 29.4 Å². The number of aromatic carboxylic acids is 1. The fraction of sp³-hybridized carbons (Fsp3) is 0.429. The molecule has 0 atom stereocenters. The Hall–Kier alpha value is -2.16. The van der Waals surface area contributed by atoms with Gasteiger partial charge in [0, 0.05) is 32.8 Å². The SMILES string of the molecule is CCn1ncc(Br)c1CN(C)C(=O)CCn1cc(C(=O)O)cn1. The van der Waals surface area contributed by atoms with Gasteiger partial charge < -0.3 is 10.0 Å². The number of hydrogen-bond donors (Lipinski definition) is 1. The van der Waals surface area contributed by atoms with Gasteiger partial charge in [0.2, 0.25) is 5.91 Å². The molecule has 0 radical (unpaired) electrons. The van der Waals surface area contributed by atoms with E-state index in [-0.39, 0.29) is 17.9 Å². The Labute approximate surface area is 141 Å². The van der Waals surface area contributed by atoms with Crippen molar-refractivity contribution in [2.45, 2.75) is 33.0 Å². The van der Waals surface area contributed by atoms with E-state index in [2.05, 4.69) is 26.1 Å². The van der Waals surface area contributed by atoms with Crippen molar-refractivity contribution in [3.63, 3.8) is 0 Å². The minimum Gasteiger partial charge on any atom is -0.478 e. The Balaban J connectivity index is 1.92. The minimum atomic E-state index is -1.03. The third kappa shape index (κ3) is 4.19. The molecule has 2 aromatic rings. The highest BCUT2D eigenvalue weighted by atomic mass is 79.9. The molecule has 9 heteroatoms. The average molecular weight is 384 g/mol. The Morgan fingerprint density at radius 1 is 1.35 bits per heavy atom. The maximum atomic E-state index is 12.2. The van der Waals surface area contributed by atoms with Crippen LogP contribution in [0.4, 0.5) is 0 Å². The van der Waals surface area contributed by atoms with Gasteiger partial charge in [-0.1, -0.05) is 0 Å². The minimum absolute atomic E-state index is 0.0480. The highest BCUT2D eigenvalue weighted by Gasteiger charge is 2.15. The molecule has 2 rings (SSSR count). The van der Waals surface area contributed by atoms with E-state index in [1.807, 2.05) is 11.6 Å². The summed E-state index contributed by atoms with van der Waals surface area (Å²) in [7, 11) is 1.73. The highest BCUT2D eigenvalue weighted by Crippen LogP contribution is 2.17. The Morgan fingerprint density at radius 3 is 2.70 bits per heavy atom. The summed E-state index contributed by atoms with van der Waals surface area (Å²) >= 11 is 3.44. The highest BCUT2D eigenvalue weighted by molar-refractivity contribution is 9.10. The number of halogens is 1. The van der Waals surface area contributed by atoms with Gasteiger partial charge in [-0.25, -0.2) is 4.79 Å². The van der Waals surface area contributed by atoms with Crippen molar-refractivity contribution in [2.75, 3.05) is 7.05 Å². The maximum Gasteiger partial charge on any atom is 0.338 e. The number of amides is 1. The molecular formula is C14H18BrN5O3. The van der Waals surface area contributed by atoms with Crippen LogP contribution in [0.15, 0.2) is 23.1 Å². The first-order valence-corrected chi connectivity index (χ1v) is 7.91. The Kier molecular flexibility index (Phi) is 5.54. The molecule has 2 heterocycles. The quantitative estimate of drug-likeness (QED) is 0.783. The largest absolute Gasteiger partial charge is 0.478 e. The van der Waals surface area contributed by atoms with Crippen molar-refractivity contribution in [2.24, 2.45) is 0 Å². The van der Waals surface area contributed by atoms with Crippen molar-refractivity contribution >= 4 is 27.8 Å². The van der Waals surface area contributed by atoms with Gasteiger partial charge in [-0.15, -0.1) is 0 Å². The van der Waals surface area contributed by atoms with Crippen LogP contribution in [0.2, 0.25) is 0 Å². The lowest BCUT2D eigenvalue weighted by Crippen LogP contribution is -2.28. The van der Waals surface area contributed by atoms with Crippen LogP contribution >= 0.6 is 15.9 Å². The van der Waals surface area contributed by atoms with Crippen molar-refractivity contribution in [1.82, 2.24) is 24.5 Å². The average Bonchev–Trinajstić information content (AvgIpc) is 3.12. The van der Waals surface area contributed by atoms with Gasteiger partial charge in [-0.2, -0.15) is 10.2 Å². The second-order valence-corrected chi connectivity index (χ2v) is 5.91. The Bertz CT molecular complexity index is 709. The van der Waals surface area contributed by atoms with E-state index in [9.17, 15) is 9.59 Å². The fourth-order valence-electron chi connectivity index (χ4n) is 2.13. The number of carboxylic acid groups (broad SMARTS) is 1. The molecule has 0 spiro atoms. The molecule has 0 aromatic carbocycles. The third-order valence-electron chi connectivity index (χ3n) is 3.44. The predicted octanol–water partition coefficient (Wildman–Crippen LogP) is 1.61. The number of carbonyl (C=O) groups is 2. The summed E-state index contributed by atoms with van der Waals surface area (Å²) in [6.45, 7) is 3.51. The summed E-state index contributed by atoms with van der Waals surface area (Å²) in [6.07, 6.45) is 4.65. The van der Waals surface area contributed by atoms with Crippen molar-refractivity contribution in [1.29, 1.82) is 0 Å². The van der Waals surface area contributed by atoms with Gasteiger partial charge in [0.15, 0.2) is 0 Å². The molecule has 0 bridgehead atoms. The van der Waals surface area contributed by atoms with Crippen LogP contribution in [0.25, 0.3) is 0 Å². The zero-order valence-corrected chi connectivity index (χ0v) is 14.5. The lowest BCUT2D eigenvalue weighted by molar-refractivity contribution is -0.130. The fourth-order valence-corrected chi connectivity index (χ4v) is 2.55. The van der Waals surface area contributed by atoms with E-state index < -0.39 is 5.97 Å². The van der Waals surface area contributed by atoms with E-state index in [1.165, 1.54) is 17.1 Å². The van der Waals surface area contributed by atoms with Gasteiger partial charge in [-0.3, -0.25) is 14.2 Å². The van der Waals surface area contributed by atoms with E-state index in [0.29, 0.717) is 13.1 Å². The number of nitrogens with zero attached hydrogens (tertiary/aromatic N) is 5. The molecule has 0 fully saturated rings.